The predicted octanol–water partition coefficient (Wildman–Crippen LogP) is 5.61. The molecule has 2 aromatic carbocycles. The molecule has 2 aliphatic heterocycles. The fourth-order valence-corrected chi connectivity index (χ4v) is 8.96. The molecule has 2 aliphatic rings. The van der Waals surface area contributed by atoms with Gasteiger partial charge in [-0.05, 0) is 109 Å². The number of nitrogens with zero attached hydrogens (tertiary/aromatic N) is 3. The van der Waals surface area contributed by atoms with Gasteiger partial charge in [-0.25, -0.2) is 0 Å². The number of likely N-dealkylation sites (N-methyl/N-ethyl adjacent to an activating group) is 1. The highest BCUT2D eigenvalue weighted by molar-refractivity contribution is 5.99. The van der Waals surface area contributed by atoms with Crippen LogP contribution in [-0.4, -0.2) is 132 Å². The highest BCUT2D eigenvalue weighted by Crippen LogP contribution is 2.40. The van der Waals surface area contributed by atoms with Gasteiger partial charge in [-0.1, -0.05) is 58.0 Å². The van der Waals surface area contributed by atoms with Gasteiger partial charge in [-0.3, -0.25) is 9.59 Å². The zero-order valence-electron chi connectivity index (χ0n) is 38.4. The van der Waals surface area contributed by atoms with Gasteiger partial charge in [-0.15, -0.1) is 0 Å². The molecule has 0 aliphatic carbocycles. The highest BCUT2D eigenvalue weighted by atomic mass is 16.7. The van der Waals surface area contributed by atoms with Crippen LogP contribution in [0.5, 0.6) is 5.75 Å². The molecule has 3 N–H and O–H groups in total. The molecule has 2 saturated heterocycles. The molecule has 14 atom stereocenters. The quantitative estimate of drug-likeness (QED) is 0.145. The minimum Gasteiger partial charge on any atom is -0.497 e. The molecule has 0 radical (unpaired) electrons. The standard InChI is InChI=1S/C47H71N3O11/c1-14-37-47(9,55)42(53)29(4)39(49-48-32(7)34-20-22-35(56-12)23-21-34)27(2)26-46(8,57-13)43(61-45-40(52)36(50(10)11)24-28(3)58-45)30(5)41(31(6)44(54)59-37)60-38(51)25-33-18-16-15-17-19-33/h15-23,27-31,36-37,40-43,45,52-53,55H,14,24-26H2,1-13H3. The Bertz CT molecular complexity index is 1790. The van der Waals surface area contributed by atoms with Crippen LogP contribution in [0.15, 0.2) is 64.8 Å². The largest absolute Gasteiger partial charge is 0.497 e. The topological polar surface area (TPSA) is 178 Å². The highest BCUT2D eigenvalue weighted by Gasteiger charge is 2.52. The molecule has 2 heterocycles. The van der Waals surface area contributed by atoms with E-state index < -0.39 is 83.6 Å². The van der Waals surface area contributed by atoms with Gasteiger partial charge in [0.25, 0.3) is 0 Å². The zero-order chi connectivity index (χ0) is 45.4. The van der Waals surface area contributed by atoms with Crippen LogP contribution in [0.2, 0.25) is 0 Å². The number of aliphatic hydroxyl groups is 3. The van der Waals surface area contributed by atoms with Crippen molar-refractivity contribution in [3.8, 4) is 5.75 Å². The summed E-state index contributed by atoms with van der Waals surface area (Å²) in [5.41, 5.74) is -0.616. The first-order chi connectivity index (χ1) is 28.7. The van der Waals surface area contributed by atoms with E-state index in [1.165, 1.54) is 6.92 Å². The molecule has 0 spiro atoms. The van der Waals surface area contributed by atoms with Crippen molar-refractivity contribution in [2.75, 3.05) is 28.3 Å². The number of esters is 2. The third kappa shape index (κ3) is 12.0. The second-order valence-electron chi connectivity index (χ2n) is 17.7. The molecule has 0 bridgehead atoms. The number of rotatable bonds is 11. The first kappa shape index (κ1) is 49.9. The van der Waals surface area contributed by atoms with E-state index >= 15 is 0 Å². The lowest BCUT2D eigenvalue weighted by atomic mass is 9.73. The van der Waals surface area contributed by atoms with E-state index in [0.717, 1.165) is 11.1 Å². The van der Waals surface area contributed by atoms with Crippen molar-refractivity contribution in [1.29, 1.82) is 0 Å². The number of carbonyl (C=O) groups excluding carboxylic acids is 2. The van der Waals surface area contributed by atoms with E-state index in [4.69, 9.17) is 33.5 Å². The molecule has 14 unspecified atom stereocenters. The van der Waals surface area contributed by atoms with Gasteiger partial charge >= 0.3 is 11.9 Å². The third-order valence-corrected chi connectivity index (χ3v) is 12.8. The van der Waals surface area contributed by atoms with Gasteiger partial charge < -0.3 is 48.6 Å². The number of cyclic esters (lactones) is 1. The number of hydrogen-bond acceptors (Lipinski definition) is 14. The van der Waals surface area contributed by atoms with Crippen LogP contribution in [0, 0.1) is 23.7 Å². The summed E-state index contributed by atoms with van der Waals surface area (Å²) >= 11 is 0. The van der Waals surface area contributed by atoms with E-state index in [1.54, 1.807) is 35.0 Å². The summed E-state index contributed by atoms with van der Waals surface area (Å²) in [6.45, 7) is 15.9. The molecule has 14 nitrogen and oxygen atoms in total. The smallest absolute Gasteiger partial charge is 0.312 e. The van der Waals surface area contributed by atoms with Crippen molar-refractivity contribution in [3.05, 3.63) is 65.7 Å². The minimum atomic E-state index is -1.95. The average Bonchev–Trinajstić information content (AvgIpc) is 3.23. The predicted molar refractivity (Wildman–Crippen MR) is 233 cm³/mol. The Balaban J connectivity index is 1.92. The maximum Gasteiger partial charge on any atom is 0.312 e. The van der Waals surface area contributed by atoms with Gasteiger partial charge in [0.1, 0.15) is 29.7 Å². The molecule has 14 heteroatoms. The molecular weight excluding hydrogens is 783 g/mol. The molecule has 0 aromatic heterocycles. The van der Waals surface area contributed by atoms with Crippen molar-refractivity contribution in [2.24, 2.45) is 33.9 Å². The fourth-order valence-electron chi connectivity index (χ4n) is 8.96. The van der Waals surface area contributed by atoms with Crippen LogP contribution < -0.4 is 4.74 Å². The van der Waals surface area contributed by atoms with E-state index in [-0.39, 0.29) is 31.4 Å². The van der Waals surface area contributed by atoms with Gasteiger partial charge in [-0.2, -0.15) is 10.2 Å². The van der Waals surface area contributed by atoms with Crippen LogP contribution in [0.1, 0.15) is 92.7 Å². The SMILES string of the molecule is CCC1OC(=O)C(C)C(OC(=O)Cc2ccccc2)C(C)C(OC2OC(C)CC(N(C)C)C2O)C(C)(OC)CC(C)C(=NN=C(C)c2ccc(OC)cc2)C(C)C(O)C1(C)O. The van der Waals surface area contributed by atoms with Crippen molar-refractivity contribution >= 4 is 23.4 Å². The van der Waals surface area contributed by atoms with Gasteiger partial charge in [0.15, 0.2) is 6.29 Å². The lowest BCUT2D eigenvalue weighted by Crippen LogP contribution is -2.60. The lowest BCUT2D eigenvalue weighted by molar-refractivity contribution is -0.301. The lowest BCUT2D eigenvalue weighted by Gasteiger charge is -2.48. The molecule has 2 aromatic rings. The molecule has 4 rings (SSSR count). The summed E-state index contributed by atoms with van der Waals surface area (Å²) in [6, 6.07) is 16.2. The monoisotopic (exact) mass is 854 g/mol. The maximum atomic E-state index is 14.3. The number of benzene rings is 2. The number of ether oxygens (including phenoxy) is 6. The molecule has 0 amide bonds. The van der Waals surface area contributed by atoms with Crippen molar-refractivity contribution in [2.45, 2.75) is 148 Å². The summed E-state index contributed by atoms with van der Waals surface area (Å²) in [7, 11) is 6.92. The number of hydrogen-bond donors (Lipinski definition) is 3. The summed E-state index contributed by atoms with van der Waals surface area (Å²) in [4.78, 5) is 30.1. The normalized spacial score (nSPS) is 36.6. The average molecular weight is 854 g/mol. The summed E-state index contributed by atoms with van der Waals surface area (Å²) in [5.74, 6) is -3.79. The van der Waals surface area contributed by atoms with Gasteiger partial charge in [0.2, 0.25) is 0 Å². The van der Waals surface area contributed by atoms with Crippen molar-refractivity contribution in [1.82, 2.24) is 4.90 Å². The second-order valence-corrected chi connectivity index (χ2v) is 17.7. The van der Waals surface area contributed by atoms with Crippen molar-refractivity contribution in [3.63, 3.8) is 0 Å². The summed E-state index contributed by atoms with van der Waals surface area (Å²) in [5, 5.41) is 45.4. The molecule has 340 valence electrons. The van der Waals surface area contributed by atoms with Crippen LogP contribution in [-0.2, 0) is 39.7 Å². The molecule has 0 saturated carbocycles. The number of methoxy groups -OCH3 is 2. The van der Waals surface area contributed by atoms with Crippen LogP contribution in [0.3, 0.4) is 0 Å². The van der Waals surface area contributed by atoms with Gasteiger partial charge in [0.05, 0.1) is 49.1 Å². The van der Waals surface area contributed by atoms with Crippen molar-refractivity contribution < 1.29 is 53.3 Å². The third-order valence-electron chi connectivity index (χ3n) is 12.8. The summed E-state index contributed by atoms with van der Waals surface area (Å²) < 4.78 is 37.4. The first-order valence-electron chi connectivity index (χ1n) is 21.5. The Morgan fingerprint density at radius 2 is 1.61 bits per heavy atom. The Labute approximate surface area is 362 Å². The Hall–Kier alpha value is -3.76. The molecule has 2 fully saturated rings. The van der Waals surface area contributed by atoms with E-state index in [9.17, 15) is 24.9 Å². The fraction of sp³-hybridized carbons (Fsp3) is 0.660. The van der Waals surface area contributed by atoms with Crippen LogP contribution in [0.25, 0.3) is 0 Å². The van der Waals surface area contributed by atoms with Crippen LogP contribution in [0.4, 0.5) is 0 Å². The maximum absolute atomic E-state index is 14.3. The first-order valence-corrected chi connectivity index (χ1v) is 21.5. The number of carbonyl (C=O) groups is 2. The van der Waals surface area contributed by atoms with Crippen LogP contribution >= 0.6 is 0 Å². The second kappa shape index (κ2) is 21.5. The van der Waals surface area contributed by atoms with E-state index in [1.807, 2.05) is 108 Å². The Kier molecular flexibility index (Phi) is 17.6. The number of aliphatic hydroxyl groups excluding tert-OH is 2. The Morgan fingerprint density at radius 1 is 0.967 bits per heavy atom. The molecule has 61 heavy (non-hydrogen) atoms. The minimum absolute atomic E-state index is 0.0604. The van der Waals surface area contributed by atoms with Gasteiger partial charge in [0, 0.05) is 30.7 Å². The van der Waals surface area contributed by atoms with E-state index in [0.29, 0.717) is 23.6 Å². The zero-order valence-corrected chi connectivity index (χ0v) is 38.4. The Morgan fingerprint density at radius 3 is 2.18 bits per heavy atom. The molecular formula is C47H71N3O11. The summed E-state index contributed by atoms with van der Waals surface area (Å²) in [6.07, 6.45) is -6.37. The van der Waals surface area contributed by atoms with E-state index in [2.05, 4.69) is 5.10 Å².